The second-order valence-electron chi connectivity index (χ2n) is 10.9. The zero-order chi connectivity index (χ0) is 25.6. The minimum Gasteiger partial charge on any atom is -0.356 e. The van der Waals surface area contributed by atoms with Gasteiger partial charge in [0, 0.05) is 6.42 Å². The monoisotopic (exact) mass is 483 g/mol. The summed E-state index contributed by atoms with van der Waals surface area (Å²) in [6.07, 6.45) is 15.7. The minimum absolute atomic E-state index is 0.102. The van der Waals surface area contributed by atoms with E-state index in [0.29, 0.717) is 5.69 Å². The third-order valence-electron chi connectivity index (χ3n) is 7.78. The number of carbonyl (C=O) groups is 1. The number of carbonyl (C=O) groups excluding carboxylic acids is 1. The van der Waals surface area contributed by atoms with Crippen LogP contribution in [0.5, 0.6) is 0 Å². The van der Waals surface area contributed by atoms with Gasteiger partial charge in [-0.1, -0.05) is 45.9 Å². The molecule has 0 saturated carbocycles. The lowest BCUT2D eigenvalue weighted by Crippen LogP contribution is -2.39. The summed E-state index contributed by atoms with van der Waals surface area (Å²) in [5.74, 6) is -0.295. The Labute approximate surface area is 212 Å². The first-order valence-corrected chi connectivity index (χ1v) is 12.8. The Bertz CT molecular complexity index is 1340. The molecule has 0 saturated heterocycles. The highest BCUT2D eigenvalue weighted by atomic mass is 16.5. The first-order chi connectivity index (χ1) is 17.2. The lowest BCUT2D eigenvalue weighted by atomic mass is 9.77. The molecule has 2 unspecified atom stereocenters. The SMILES string of the molecule is CCC12C=CC(CC)(CC(c3ccc(NC(=O)c4ncc(C#N)[nH]4)c(C4=CCC(C)(C)CC4)n3)=C1)O2. The van der Waals surface area contributed by atoms with Crippen molar-refractivity contribution in [2.24, 2.45) is 5.41 Å². The fourth-order valence-electron chi connectivity index (χ4n) is 5.30. The van der Waals surface area contributed by atoms with Crippen molar-refractivity contribution in [3.8, 4) is 6.07 Å². The molecule has 2 N–H and O–H groups in total. The second kappa shape index (κ2) is 8.86. The molecule has 2 bridgehead atoms. The van der Waals surface area contributed by atoms with Gasteiger partial charge in [0.25, 0.3) is 5.91 Å². The predicted molar refractivity (Wildman–Crippen MR) is 140 cm³/mol. The molecule has 7 heteroatoms. The summed E-state index contributed by atoms with van der Waals surface area (Å²) >= 11 is 0. The van der Waals surface area contributed by atoms with Gasteiger partial charge in [-0.05, 0) is 66.9 Å². The lowest BCUT2D eigenvalue weighted by Gasteiger charge is -2.38. The van der Waals surface area contributed by atoms with Gasteiger partial charge in [0.1, 0.15) is 17.4 Å². The van der Waals surface area contributed by atoms with Gasteiger partial charge < -0.3 is 15.0 Å². The maximum absolute atomic E-state index is 12.9. The topological polar surface area (TPSA) is 104 Å². The number of ether oxygens (including phenoxy) is 1. The number of allylic oxidation sites excluding steroid dienone is 2. The van der Waals surface area contributed by atoms with Crippen molar-refractivity contribution >= 4 is 22.7 Å². The van der Waals surface area contributed by atoms with Crippen LogP contribution in [0.3, 0.4) is 0 Å². The quantitative estimate of drug-likeness (QED) is 0.477. The van der Waals surface area contributed by atoms with Crippen LogP contribution in [-0.4, -0.2) is 32.1 Å². The molecule has 2 aliphatic heterocycles. The van der Waals surface area contributed by atoms with E-state index in [0.717, 1.165) is 55.5 Å². The van der Waals surface area contributed by atoms with Crippen LogP contribution in [0.15, 0.2) is 42.6 Å². The summed E-state index contributed by atoms with van der Waals surface area (Å²) in [6, 6.07) is 5.89. The van der Waals surface area contributed by atoms with E-state index >= 15 is 0 Å². The number of aromatic amines is 1. The number of fused-ring (bicyclic) bond motifs is 2. The van der Waals surface area contributed by atoms with Gasteiger partial charge in [-0.25, -0.2) is 9.97 Å². The Morgan fingerprint density at radius 1 is 1.22 bits per heavy atom. The van der Waals surface area contributed by atoms with Crippen molar-refractivity contribution < 1.29 is 9.53 Å². The summed E-state index contributed by atoms with van der Waals surface area (Å²) in [5.41, 5.74) is 4.51. The van der Waals surface area contributed by atoms with Crippen molar-refractivity contribution in [3.05, 3.63) is 65.5 Å². The van der Waals surface area contributed by atoms with E-state index in [1.54, 1.807) is 0 Å². The molecule has 1 amide bonds. The van der Waals surface area contributed by atoms with Crippen molar-refractivity contribution in [2.75, 3.05) is 5.32 Å². The number of anilines is 1. The fourth-order valence-corrected chi connectivity index (χ4v) is 5.30. The first-order valence-electron chi connectivity index (χ1n) is 12.8. The van der Waals surface area contributed by atoms with Gasteiger partial charge in [-0.3, -0.25) is 4.79 Å². The maximum Gasteiger partial charge on any atom is 0.291 e. The molecule has 7 nitrogen and oxygen atoms in total. The number of H-pyrrole nitrogens is 1. The molecule has 4 heterocycles. The molecule has 1 aliphatic carbocycles. The average Bonchev–Trinajstić information content (AvgIpc) is 3.47. The third kappa shape index (κ3) is 4.42. The van der Waals surface area contributed by atoms with Gasteiger partial charge in [-0.15, -0.1) is 0 Å². The van der Waals surface area contributed by atoms with Gasteiger partial charge >= 0.3 is 0 Å². The summed E-state index contributed by atoms with van der Waals surface area (Å²) < 4.78 is 6.51. The van der Waals surface area contributed by atoms with E-state index < -0.39 is 5.91 Å². The molecular formula is C29H33N5O2. The van der Waals surface area contributed by atoms with E-state index in [2.05, 4.69) is 67.3 Å². The molecule has 0 fully saturated rings. The molecule has 2 aromatic heterocycles. The highest BCUT2D eigenvalue weighted by molar-refractivity contribution is 6.03. The zero-order valence-corrected chi connectivity index (χ0v) is 21.4. The molecule has 186 valence electrons. The summed E-state index contributed by atoms with van der Waals surface area (Å²) in [5, 5.41) is 12.0. The van der Waals surface area contributed by atoms with E-state index in [9.17, 15) is 4.79 Å². The zero-order valence-electron chi connectivity index (χ0n) is 21.4. The van der Waals surface area contributed by atoms with Gasteiger partial charge in [0.15, 0.2) is 5.82 Å². The van der Waals surface area contributed by atoms with Crippen LogP contribution >= 0.6 is 0 Å². The number of imidazole rings is 1. The Balaban J connectivity index is 1.53. The van der Waals surface area contributed by atoms with Gasteiger partial charge in [0.05, 0.1) is 28.9 Å². The van der Waals surface area contributed by atoms with Gasteiger partial charge in [-0.2, -0.15) is 5.26 Å². The Morgan fingerprint density at radius 2 is 2.06 bits per heavy atom. The molecule has 36 heavy (non-hydrogen) atoms. The smallest absolute Gasteiger partial charge is 0.291 e. The van der Waals surface area contributed by atoms with Crippen molar-refractivity contribution in [3.63, 3.8) is 0 Å². The molecule has 0 radical (unpaired) electrons. The summed E-state index contributed by atoms with van der Waals surface area (Å²) in [7, 11) is 0. The van der Waals surface area contributed by atoms with Crippen LogP contribution in [0, 0.1) is 16.7 Å². The molecule has 0 aromatic carbocycles. The number of pyridine rings is 1. The molecule has 2 atom stereocenters. The second-order valence-corrected chi connectivity index (χ2v) is 10.9. The predicted octanol–water partition coefficient (Wildman–Crippen LogP) is 6.19. The van der Waals surface area contributed by atoms with Crippen molar-refractivity contribution in [2.45, 2.75) is 77.4 Å². The maximum atomic E-state index is 12.9. The minimum atomic E-state index is -0.397. The number of nitrogens with zero attached hydrogens (tertiary/aromatic N) is 3. The van der Waals surface area contributed by atoms with Crippen molar-refractivity contribution in [1.29, 1.82) is 5.26 Å². The van der Waals surface area contributed by atoms with Crippen LogP contribution in [-0.2, 0) is 4.74 Å². The van der Waals surface area contributed by atoms with Crippen LogP contribution in [0.1, 0.15) is 93.9 Å². The summed E-state index contributed by atoms with van der Waals surface area (Å²) in [6.45, 7) is 8.87. The van der Waals surface area contributed by atoms with Gasteiger partial charge in [0.2, 0.25) is 0 Å². The highest BCUT2D eigenvalue weighted by Gasteiger charge is 2.46. The molecule has 0 spiro atoms. The number of rotatable bonds is 6. The summed E-state index contributed by atoms with van der Waals surface area (Å²) in [4.78, 5) is 24.9. The van der Waals surface area contributed by atoms with E-state index in [1.807, 2.05) is 18.2 Å². The van der Waals surface area contributed by atoms with Crippen LogP contribution in [0.2, 0.25) is 0 Å². The van der Waals surface area contributed by atoms with Crippen LogP contribution < -0.4 is 5.32 Å². The number of aromatic nitrogens is 3. The van der Waals surface area contributed by atoms with E-state index in [-0.39, 0.29) is 28.1 Å². The highest BCUT2D eigenvalue weighted by Crippen LogP contribution is 2.48. The van der Waals surface area contributed by atoms with E-state index in [1.165, 1.54) is 11.8 Å². The normalized spacial score (nSPS) is 26.2. The number of hydrogen-bond donors (Lipinski definition) is 2. The Hall–Kier alpha value is -3.50. The van der Waals surface area contributed by atoms with Crippen LogP contribution in [0.4, 0.5) is 5.69 Å². The molecular weight excluding hydrogens is 450 g/mol. The molecule has 5 rings (SSSR count). The number of nitriles is 1. The number of nitrogens with one attached hydrogen (secondary N) is 2. The number of amides is 1. The fraction of sp³-hybridized carbons (Fsp3) is 0.448. The third-order valence-corrected chi connectivity index (χ3v) is 7.78. The Morgan fingerprint density at radius 3 is 2.72 bits per heavy atom. The lowest BCUT2D eigenvalue weighted by molar-refractivity contribution is -0.0711. The standard InChI is InChI=1S/C29H33N5O2/c1-5-28-13-14-29(6-2,36-28)16-20(15-28)22-7-8-23(34-26(35)25-31-18-21(17-30)32-25)24(33-22)19-9-11-27(3,4)12-10-19/h7-9,13-15,18H,5-6,10-12,16H2,1-4H3,(H,31,32)(H,34,35). The largest absolute Gasteiger partial charge is 0.356 e. The first kappa shape index (κ1) is 24.2. The Kier molecular flexibility index (Phi) is 5.96. The van der Waals surface area contributed by atoms with Crippen LogP contribution in [0.25, 0.3) is 11.1 Å². The molecule has 2 aromatic rings. The molecule has 3 aliphatic rings. The van der Waals surface area contributed by atoms with E-state index in [4.69, 9.17) is 15.0 Å². The average molecular weight is 484 g/mol. The number of hydrogen-bond acceptors (Lipinski definition) is 5. The van der Waals surface area contributed by atoms with Crippen molar-refractivity contribution in [1.82, 2.24) is 15.0 Å².